The largest absolute Gasteiger partial charge is 0.496 e. The first-order valence-electron chi connectivity index (χ1n) is 8.28. The van der Waals surface area contributed by atoms with E-state index in [1.54, 1.807) is 7.11 Å². The molecule has 0 fully saturated rings. The van der Waals surface area contributed by atoms with Crippen LogP contribution in [0.15, 0.2) is 48.5 Å². The molecular formula is C20H18N4O. The lowest BCUT2D eigenvalue weighted by atomic mass is 10.0. The molecule has 0 aliphatic carbocycles. The zero-order chi connectivity index (χ0) is 17.2. The highest BCUT2D eigenvalue weighted by molar-refractivity contribution is 5.61. The van der Waals surface area contributed by atoms with Gasteiger partial charge in [0.25, 0.3) is 0 Å². The molecule has 1 aliphatic rings. The molecule has 0 unspecified atom stereocenters. The van der Waals surface area contributed by atoms with E-state index in [-0.39, 0.29) is 0 Å². The number of aromatic nitrogens is 2. The van der Waals surface area contributed by atoms with Crippen molar-refractivity contribution in [3.63, 3.8) is 0 Å². The molecule has 2 aromatic carbocycles. The summed E-state index contributed by atoms with van der Waals surface area (Å²) in [6.45, 7) is 0.890. The predicted octanol–water partition coefficient (Wildman–Crippen LogP) is 3.31. The molecule has 2 heterocycles. The van der Waals surface area contributed by atoms with Crippen LogP contribution in [0.1, 0.15) is 22.4 Å². The van der Waals surface area contributed by atoms with Crippen molar-refractivity contribution in [2.75, 3.05) is 19.0 Å². The zero-order valence-electron chi connectivity index (χ0n) is 14.0. The van der Waals surface area contributed by atoms with Crippen LogP contribution in [0, 0.1) is 11.3 Å². The van der Waals surface area contributed by atoms with E-state index in [2.05, 4.69) is 17.5 Å². The number of rotatable bonds is 4. The molecule has 1 aliphatic heterocycles. The Labute approximate surface area is 146 Å². The number of nitriles is 1. The minimum absolute atomic E-state index is 0.616. The summed E-state index contributed by atoms with van der Waals surface area (Å²) in [5, 5.41) is 17.7. The van der Waals surface area contributed by atoms with E-state index in [1.165, 1.54) is 5.56 Å². The number of nitrogens with zero attached hydrogens (tertiary/aromatic N) is 3. The normalized spacial score (nSPS) is 12.3. The topological polar surface area (TPSA) is 62.9 Å². The average Bonchev–Trinajstić information content (AvgIpc) is 3.26. The van der Waals surface area contributed by atoms with Crippen LogP contribution in [0.2, 0.25) is 0 Å². The van der Waals surface area contributed by atoms with Gasteiger partial charge in [0.15, 0.2) is 0 Å². The minimum Gasteiger partial charge on any atom is -0.496 e. The lowest BCUT2D eigenvalue weighted by molar-refractivity contribution is 0.410. The fourth-order valence-corrected chi connectivity index (χ4v) is 3.34. The van der Waals surface area contributed by atoms with Gasteiger partial charge in [-0.3, -0.25) is 0 Å². The maximum Gasteiger partial charge on any atom is 0.133 e. The monoisotopic (exact) mass is 330 g/mol. The molecule has 0 amide bonds. The van der Waals surface area contributed by atoms with Crippen molar-refractivity contribution in [3.8, 4) is 17.5 Å². The van der Waals surface area contributed by atoms with Crippen LogP contribution in [0.3, 0.4) is 0 Å². The maximum atomic E-state index is 9.41. The van der Waals surface area contributed by atoms with Crippen molar-refractivity contribution in [2.45, 2.75) is 12.8 Å². The zero-order valence-corrected chi connectivity index (χ0v) is 14.0. The lowest BCUT2D eigenvalue weighted by Gasteiger charge is -2.08. The molecule has 4 rings (SSSR count). The molecule has 5 heteroatoms. The van der Waals surface area contributed by atoms with E-state index in [0.29, 0.717) is 12.0 Å². The average molecular weight is 330 g/mol. The van der Waals surface area contributed by atoms with Gasteiger partial charge in [0.05, 0.1) is 24.1 Å². The number of para-hydroxylation sites is 2. The molecule has 1 aromatic heterocycles. The van der Waals surface area contributed by atoms with E-state index in [4.69, 9.17) is 9.84 Å². The van der Waals surface area contributed by atoms with Crippen molar-refractivity contribution in [3.05, 3.63) is 70.9 Å². The Morgan fingerprint density at radius 1 is 1.20 bits per heavy atom. The van der Waals surface area contributed by atoms with Gasteiger partial charge in [-0.15, -0.1) is 0 Å². The highest BCUT2D eigenvalue weighted by Crippen LogP contribution is 2.32. The Kier molecular flexibility index (Phi) is 3.87. The van der Waals surface area contributed by atoms with Crippen molar-refractivity contribution in [1.29, 1.82) is 5.26 Å². The second-order valence-electron chi connectivity index (χ2n) is 5.98. The van der Waals surface area contributed by atoms with Gasteiger partial charge in [0, 0.05) is 24.1 Å². The highest BCUT2D eigenvalue weighted by atomic mass is 16.5. The third-order valence-corrected chi connectivity index (χ3v) is 4.54. The molecule has 0 spiro atoms. The standard InChI is InChI=1S/C20H18N4O/c1-25-19-9-5-3-6-14(19)12-17-16-10-11-22-20(16)24(23-17)18-8-4-2-7-15(18)13-21/h2-9,22H,10-12H2,1H3. The maximum absolute atomic E-state index is 9.41. The van der Waals surface area contributed by atoms with E-state index in [0.717, 1.165) is 41.5 Å². The second kappa shape index (κ2) is 6.33. The Morgan fingerprint density at radius 3 is 2.84 bits per heavy atom. The van der Waals surface area contributed by atoms with E-state index >= 15 is 0 Å². The fourth-order valence-electron chi connectivity index (χ4n) is 3.34. The quantitative estimate of drug-likeness (QED) is 0.797. The highest BCUT2D eigenvalue weighted by Gasteiger charge is 2.24. The van der Waals surface area contributed by atoms with Crippen LogP contribution in [0.5, 0.6) is 5.75 Å². The van der Waals surface area contributed by atoms with Crippen molar-refractivity contribution in [2.24, 2.45) is 0 Å². The third-order valence-electron chi connectivity index (χ3n) is 4.54. The predicted molar refractivity (Wildman–Crippen MR) is 96.3 cm³/mol. The number of nitrogens with one attached hydrogen (secondary N) is 1. The number of hydrogen-bond donors (Lipinski definition) is 1. The van der Waals surface area contributed by atoms with E-state index < -0.39 is 0 Å². The number of benzene rings is 2. The number of anilines is 1. The summed E-state index contributed by atoms with van der Waals surface area (Å²) in [6.07, 6.45) is 1.64. The molecule has 0 bridgehead atoms. The molecule has 0 saturated heterocycles. The molecule has 5 nitrogen and oxygen atoms in total. The van der Waals surface area contributed by atoms with Gasteiger partial charge in [0.2, 0.25) is 0 Å². The van der Waals surface area contributed by atoms with Crippen LogP contribution < -0.4 is 10.1 Å². The number of methoxy groups -OCH3 is 1. The van der Waals surface area contributed by atoms with Gasteiger partial charge in [-0.25, -0.2) is 4.68 Å². The fraction of sp³-hybridized carbons (Fsp3) is 0.200. The first-order valence-corrected chi connectivity index (χ1v) is 8.28. The summed E-state index contributed by atoms with van der Waals surface area (Å²) in [5.74, 6) is 1.86. The first-order chi connectivity index (χ1) is 12.3. The summed E-state index contributed by atoms with van der Waals surface area (Å²) in [7, 11) is 1.69. The van der Waals surface area contributed by atoms with Crippen LogP contribution >= 0.6 is 0 Å². The van der Waals surface area contributed by atoms with Gasteiger partial charge in [-0.2, -0.15) is 10.4 Å². The van der Waals surface area contributed by atoms with Gasteiger partial charge >= 0.3 is 0 Å². The minimum atomic E-state index is 0.616. The molecular weight excluding hydrogens is 312 g/mol. The van der Waals surface area contributed by atoms with Crippen LogP contribution in [-0.2, 0) is 12.8 Å². The van der Waals surface area contributed by atoms with Gasteiger partial charge in [-0.05, 0) is 24.6 Å². The Morgan fingerprint density at radius 2 is 2.00 bits per heavy atom. The van der Waals surface area contributed by atoms with Crippen LogP contribution in [0.4, 0.5) is 5.82 Å². The van der Waals surface area contributed by atoms with Crippen molar-refractivity contribution >= 4 is 5.82 Å². The first kappa shape index (κ1) is 15.3. The summed E-state index contributed by atoms with van der Waals surface area (Å²) in [4.78, 5) is 0. The molecule has 0 saturated carbocycles. The third kappa shape index (κ3) is 2.62. The molecule has 25 heavy (non-hydrogen) atoms. The van der Waals surface area contributed by atoms with Crippen molar-refractivity contribution in [1.82, 2.24) is 9.78 Å². The molecule has 0 radical (unpaired) electrons. The van der Waals surface area contributed by atoms with Crippen molar-refractivity contribution < 1.29 is 4.74 Å². The Balaban J connectivity index is 1.80. The van der Waals surface area contributed by atoms with Gasteiger partial charge < -0.3 is 10.1 Å². The van der Waals surface area contributed by atoms with E-state index in [1.807, 2.05) is 47.1 Å². The molecule has 124 valence electrons. The molecule has 0 atom stereocenters. The van der Waals surface area contributed by atoms with Crippen LogP contribution in [-0.4, -0.2) is 23.4 Å². The molecule has 1 N–H and O–H groups in total. The summed E-state index contributed by atoms with van der Waals surface area (Å²) < 4.78 is 7.34. The summed E-state index contributed by atoms with van der Waals surface area (Å²) >= 11 is 0. The van der Waals surface area contributed by atoms with Crippen LogP contribution in [0.25, 0.3) is 5.69 Å². The number of ether oxygens (including phenoxy) is 1. The Hall–Kier alpha value is -3.26. The van der Waals surface area contributed by atoms with Gasteiger partial charge in [-0.1, -0.05) is 30.3 Å². The second-order valence-corrected chi connectivity index (χ2v) is 5.98. The SMILES string of the molecule is COc1ccccc1Cc1nn(-c2ccccc2C#N)c2c1CCN2. The number of fused-ring (bicyclic) bond motifs is 1. The summed E-state index contributed by atoms with van der Waals surface area (Å²) in [5.41, 5.74) is 4.78. The van der Waals surface area contributed by atoms with Gasteiger partial charge in [0.1, 0.15) is 17.6 Å². The number of hydrogen-bond acceptors (Lipinski definition) is 4. The smallest absolute Gasteiger partial charge is 0.133 e. The summed E-state index contributed by atoms with van der Waals surface area (Å²) in [6, 6.07) is 17.8. The molecule has 3 aromatic rings. The Bertz CT molecular complexity index is 968. The van der Waals surface area contributed by atoms with E-state index in [9.17, 15) is 5.26 Å². The lowest BCUT2D eigenvalue weighted by Crippen LogP contribution is -2.06.